The van der Waals surface area contributed by atoms with Gasteiger partial charge in [-0.1, -0.05) is 0 Å². The van der Waals surface area contributed by atoms with Gasteiger partial charge in [0.05, 0.1) is 29.7 Å². The number of rotatable bonds is 4. The molecule has 0 unspecified atom stereocenters. The minimum absolute atomic E-state index is 0.0702. The molecule has 0 spiro atoms. The van der Waals surface area contributed by atoms with E-state index in [4.69, 9.17) is 9.47 Å². The molecule has 4 heterocycles. The maximum atomic E-state index is 15.0. The molecule has 1 amide bonds. The Balaban J connectivity index is 1.42. The van der Waals surface area contributed by atoms with Crippen LogP contribution in [0.5, 0.6) is 5.88 Å². The topological polar surface area (TPSA) is 85.1 Å². The number of hydrogen-bond donors (Lipinski definition) is 0. The first kappa shape index (κ1) is 22.3. The molecule has 9 nitrogen and oxygen atoms in total. The lowest BCUT2D eigenvalue weighted by Crippen LogP contribution is -2.50. The fourth-order valence-corrected chi connectivity index (χ4v) is 3.78. The van der Waals surface area contributed by atoms with Gasteiger partial charge in [0.25, 0.3) is 0 Å². The van der Waals surface area contributed by atoms with Crippen LogP contribution in [0.3, 0.4) is 0 Å². The second-order valence-corrected chi connectivity index (χ2v) is 9.52. The lowest BCUT2D eigenvalue weighted by molar-refractivity contribution is 0.0240. The van der Waals surface area contributed by atoms with Crippen molar-refractivity contribution in [3.05, 3.63) is 36.3 Å². The molecule has 5 rings (SSSR count). The number of hydrogen-bond acceptors (Lipinski definition) is 7. The molecule has 2 aliphatic rings. The summed E-state index contributed by atoms with van der Waals surface area (Å²) < 4.78 is 41.6. The van der Waals surface area contributed by atoms with E-state index in [1.807, 2.05) is 20.8 Å². The monoisotopic (exact) mass is 472 g/mol. The van der Waals surface area contributed by atoms with Gasteiger partial charge < -0.3 is 19.3 Å². The number of carbonyl (C=O) groups excluding carboxylic acids is 1. The SMILES string of the molecule is CC(C)(C)OC(=O)N1CCN(c2nc3c(-c4cc(F)cnc4OC4CC4)cnn3cc2F)CC1. The Morgan fingerprint density at radius 2 is 1.82 bits per heavy atom. The van der Waals surface area contributed by atoms with E-state index < -0.39 is 23.3 Å². The number of fused-ring (bicyclic) bond motifs is 1. The molecule has 11 heteroatoms. The summed E-state index contributed by atoms with van der Waals surface area (Å²) in [6, 6.07) is 1.33. The number of nitrogens with zero attached hydrogens (tertiary/aromatic N) is 6. The molecule has 3 aromatic rings. The van der Waals surface area contributed by atoms with E-state index in [2.05, 4.69) is 15.1 Å². The molecule has 1 aliphatic carbocycles. The molecule has 1 saturated heterocycles. The Labute approximate surface area is 195 Å². The Hall–Kier alpha value is -3.50. The predicted octanol–water partition coefficient (Wildman–Crippen LogP) is 3.67. The minimum atomic E-state index is -0.584. The summed E-state index contributed by atoms with van der Waals surface area (Å²) >= 11 is 0. The fourth-order valence-electron chi connectivity index (χ4n) is 3.78. The van der Waals surface area contributed by atoms with Crippen LogP contribution >= 0.6 is 0 Å². The van der Waals surface area contributed by atoms with E-state index >= 15 is 0 Å². The van der Waals surface area contributed by atoms with Crippen molar-refractivity contribution in [3.8, 4) is 17.0 Å². The van der Waals surface area contributed by atoms with Gasteiger partial charge in [-0.3, -0.25) is 0 Å². The van der Waals surface area contributed by atoms with Crippen molar-refractivity contribution in [3.63, 3.8) is 0 Å². The molecule has 34 heavy (non-hydrogen) atoms. The standard InChI is InChI=1S/C23H26F2N6O3/c1-23(2,3)34-22(32)30-8-6-29(7-9-30)20-18(25)13-31-19(28-20)17(12-27-31)16-10-14(24)11-26-21(16)33-15-4-5-15/h10-13,15H,4-9H2,1-3H3. The second-order valence-electron chi connectivity index (χ2n) is 9.52. The molecule has 2 fully saturated rings. The summed E-state index contributed by atoms with van der Waals surface area (Å²) in [7, 11) is 0. The third-order valence-corrected chi connectivity index (χ3v) is 5.57. The van der Waals surface area contributed by atoms with E-state index in [1.54, 1.807) is 9.80 Å². The molecular weight excluding hydrogens is 446 g/mol. The average molecular weight is 472 g/mol. The van der Waals surface area contributed by atoms with Crippen LogP contribution in [0.25, 0.3) is 16.8 Å². The maximum absolute atomic E-state index is 15.0. The van der Waals surface area contributed by atoms with E-state index in [0.717, 1.165) is 19.0 Å². The number of carbonyl (C=O) groups is 1. The zero-order valence-corrected chi connectivity index (χ0v) is 19.3. The number of ether oxygens (including phenoxy) is 2. The quantitative estimate of drug-likeness (QED) is 0.573. The Bertz CT molecular complexity index is 1230. The molecule has 0 atom stereocenters. The van der Waals surface area contributed by atoms with Crippen molar-refractivity contribution in [2.45, 2.75) is 45.3 Å². The third-order valence-electron chi connectivity index (χ3n) is 5.57. The molecule has 0 aromatic carbocycles. The Kier molecular flexibility index (Phi) is 5.49. The van der Waals surface area contributed by atoms with Crippen molar-refractivity contribution in [2.75, 3.05) is 31.1 Å². The highest BCUT2D eigenvalue weighted by molar-refractivity contribution is 5.81. The maximum Gasteiger partial charge on any atom is 0.410 e. The molecule has 1 aliphatic heterocycles. The highest BCUT2D eigenvalue weighted by Crippen LogP contribution is 2.36. The summed E-state index contributed by atoms with van der Waals surface area (Å²) in [6.07, 6.45) is 5.39. The summed E-state index contributed by atoms with van der Waals surface area (Å²) in [5.41, 5.74) is 0.691. The summed E-state index contributed by atoms with van der Waals surface area (Å²) in [4.78, 5) is 24.4. The van der Waals surface area contributed by atoms with Crippen LogP contribution in [0.2, 0.25) is 0 Å². The molecule has 1 saturated carbocycles. The number of halogens is 2. The van der Waals surface area contributed by atoms with Crippen LogP contribution in [-0.4, -0.2) is 68.5 Å². The van der Waals surface area contributed by atoms with Gasteiger partial charge in [-0.2, -0.15) is 5.10 Å². The van der Waals surface area contributed by atoms with Gasteiger partial charge >= 0.3 is 6.09 Å². The molecule has 0 bridgehead atoms. The molecule has 3 aromatic heterocycles. The lowest BCUT2D eigenvalue weighted by atomic mass is 10.1. The van der Waals surface area contributed by atoms with Crippen molar-refractivity contribution in [1.82, 2.24) is 24.5 Å². The van der Waals surface area contributed by atoms with Gasteiger partial charge in [0.15, 0.2) is 17.3 Å². The van der Waals surface area contributed by atoms with Gasteiger partial charge in [-0.05, 0) is 39.7 Å². The second kappa shape index (κ2) is 8.37. The summed E-state index contributed by atoms with van der Waals surface area (Å²) in [5, 5.41) is 4.20. The van der Waals surface area contributed by atoms with Crippen LogP contribution in [0, 0.1) is 11.6 Å². The van der Waals surface area contributed by atoms with Crippen molar-refractivity contribution in [1.29, 1.82) is 0 Å². The van der Waals surface area contributed by atoms with Crippen LogP contribution in [0.4, 0.5) is 19.4 Å². The van der Waals surface area contributed by atoms with Crippen LogP contribution in [-0.2, 0) is 4.74 Å². The Morgan fingerprint density at radius 3 is 2.50 bits per heavy atom. The molecule has 180 valence electrons. The van der Waals surface area contributed by atoms with Crippen molar-refractivity contribution < 1.29 is 23.0 Å². The Morgan fingerprint density at radius 1 is 1.09 bits per heavy atom. The van der Waals surface area contributed by atoms with Gasteiger partial charge in [0, 0.05) is 26.2 Å². The van der Waals surface area contributed by atoms with E-state index in [9.17, 15) is 13.6 Å². The van der Waals surface area contributed by atoms with Crippen LogP contribution in [0.15, 0.2) is 24.7 Å². The number of pyridine rings is 1. The molecule has 0 N–H and O–H groups in total. The molecule has 0 radical (unpaired) electrons. The van der Waals surface area contributed by atoms with Crippen LogP contribution in [0.1, 0.15) is 33.6 Å². The first-order valence-corrected chi connectivity index (χ1v) is 11.3. The van der Waals surface area contributed by atoms with E-state index in [0.29, 0.717) is 48.8 Å². The highest BCUT2D eigenvalue weighted by Gasteiger charge is 2.29. The van der Waals surface area contributed by atoms with Crippen molar-refractivity contribution >= 4 is 17.6 Å². The highest BCUT2D eigenvalue weighted by atomic mass is 19.1. The minimum Gasteiger partial charge on any atom is -0.474 e. The summed E-state index contributed by atoms with van der Waals surface area (Å²) in [5.74, 6) is -0.609. The van der Waals surface area contributed by atoms with Gasteiger partial charge in [-0.25, -0.2) is 28.1 Å². The van der Waals surface area contributed by atoms with Crippen molar-refractivity contribution in [2.24, 2.45) is 0 Å². The smallest absolute Gasteiger partial charge is 0.410 e. The van der Waals surface area contributed by atoms with Gasteiger partial charge in [0.1, 0.15) is 17.5 Å². The first-order valence-electron chi connectivity index (χ1n) is 11.3. The average Bonchev–Trinajstić information content (AvgIpc) is 3.51. The molecular formula is C23H26F2N6O3. The van der Waals surface area contributed by atoms with Crippen LogP contribution < -0.4 is 9.64 Å². The largest absolute Gasteiger partial charge is 0.474 e. The summed E-state index contributed by atoms with van der Waals surface area (Å²) in [6.45, 7) is 6.97. The normalized spacial score (nSPS) is 16.7. The number of piperazine rings is 1. The van der Waals surface area contributed by atoms with E-state index in [1.165, 1.54) is 23.0 Å². The van der Waals surface area contributed by atoms with Gasteiger partial charge in [-0.15, -0.1) is 0 Å². The lowest BCUT2D eigenvalue weighted by Gasteiger charge is -2.36. The zero-order valence-electron chi connectivity index (χ0n) is 19.3. The zero-order chi connectivity index (χ0) is 24.0. The van der Waals surface area contributed by atoms with E-state index in [-0.39, 0.29) is 11.9 Å². The fraction of sp³-hybridized carbons (Fsp3) is 0.478. The number of amides is 1. The first-order chi connectivity index (χ1) is 16.2. The predicted molar refractivity (Wildman–Crippen MR) is 120 cm³/mol. The number of aromatic nitrogens is 4. The van der Waals surface area contributed by atoms with Gasteiger partial charge in [0.2, 0.25) is 5.88 Å². The number of anilines is 1. The third kappa shape index (κ3) is 4.59.